The first-order chi connectivity index (χ1) is 6.77. The van der Waals surface area contributed by atoms with Crippen molar-refractivity contribution < 1.29 is 14.4 Å². The van der Waals surface area contributed by atoms with E-state index in [9.17, 15) is 4.79 Å². The summed E-state index contributed by atoms with van der Waals surface area (Å²) >= 11 is 0. The Labute approximate surface area is 93.6 Å². The number of Topliss-reactive ketones (excluding diaryl/α,β-unsaturated/α-hetero) is 1. The Morgan fingerprint density at radius 3 is 1.33 bits per heavy atom. The zero-order valence-electron chi connectivity index (χ0n) is 11.2. The predicted molar refractivity (Wildman–Crippen MR) is 64.3 cm³/mol. The van der Waals surface area contributed by atoms with Crippen LogP contribution in [-0.2, 0) is 14.4 Å². The lowest BCUT2D eigenvalue weighted by Crippen LogP contribution is -1.94. The van der Waals surface area contributed by atoms with E-state index in [2.05, 4.69) is 9.99 Å². The van der Waals surface area contributed by atoms with E-state index in [1.165, 1.54) is 21.0 Å². The summed E-state index contributed by atoms with van der Waals surface area (Å²) in [6.45, 7) is 10.8. The van der Waals surface area contributed by atoms with Crippen molar-refractivity contribution in [3.05, 3.63) is 0 Å². The van der Waals surface area contributed by atoms with Gasteiger partial charge in [-0.05, 0) is 41.5 Å². The number of ether oxygens (including phenoxy) is 1. The Morgan fingerprint density at radius 1 is 1.07 bits per heavy atom. The fraction of sp³-hybridized carbons (Fsp3) is 0.818. The van der Waals surface area contributed by atoms with E-state index in [1.54, 1.807) is 7.11 Å². The third-order valence-electron chi connectivity index (χ3n) is 0.745. The second-order valence-electron chi connectivity index (χ2n) is 3.41. The molecule has 0 bridgehead atoms. The summed E-state index contributed by atoms with van der Waals surface area (Å²) in [6, 6.07) is 0. The van der Waals surface area contributed by atoms with E-state index in [0.717, 1.165) is 5.71 Å². The first kappa shape index (κ1) is 19.6. The van der Waals surface area contributed by atoms with Gasteiger partial charge in [0.05, 0.1) is 11.8 Å². The molecule has 0 radical (unpaired) electrons. The van der Waals surface area contributed by atoms with Crippen molar-refractivity contribution in [1.29, 1.82) is 0 Å². The monoisotopic (exact) mass is 219 g/mol. The van der Waals surface area contributed by atoms with Gasteiger partial charge in [-0.1, -0.05) is 5.16 Å². The molecule has 0 N–H and O–H groups in total. The van der Waals surface area contributed by atoms with Crippen LogP contribution in [0.25, 0.3) is 0 Å². The zero-order valence-corrected chi connectivity index (χ0v) is 11.2. The molecule has 0 aliphatic rings. The smallest absolute Gasteiger partial charge is 0.126 e. The van der Waals surface area contributed by atoms with Gasteiger partial charge in [-0.3, -0.25) is 0 Å². The summed E-state index contributed by atoms with van der Waals surface area (Å²) in [5.74, 6) is 0.167. The van der Waals surface area contributed by atoms with Crippen LogP contribution in [0, 0.1) is 0 Å². The minimum Gasteiger partial charge on any atom is -0.399 e. The molecule has 0 fully saturated rings. The van der Waals surface area contributed by atoms with Crippen LogP contribution in [0.5, 0.6) is 0 Å². The molecule has 0 atom stereocenters. The van der Waals surface area contributed by atoms with Crippen LogP contribution in [-0.4, -0.2) is 31.8 Å². The number of hydrogen-bond acceptors (Lipinski definition) is 4. The average Bonchev–Trinajstić information content (AvgIpc) is 2.03. The van der Waals surface area contributed by atoms with Crippen molar-refractivity contribution in [2.75, 3.05) is 14.2 Å². The van der Waals surface area contributed by atoms with Gasteiger partial charge in [0.2, 0.25) is 0 Å². The Balaban J connectivity index is -0.000000147. The molecule has 0 rings (SSSR count). The van der Waals surface area contributed by atoms with E-state index in [-0.39, 0.29) is 5.78 Å². The van der Waals surface area contributed by atoms with Crippen molar-refractivity contribution >= 4 is 11.5 Å². The zero-order chi connectivity index (χ0) is 12.9. The minimum atomic E-state index is 0.167. The molecule has 0 aromatic carbocycles. The largest absolute Gasteiger partial charge is 0.399 e. The number of methoxy groups -OCH3 is 1. The highest BCUT2D eigenvalue weighted by Crippen LogP contribution is 1.77. The van der Waals surface area contributed by atoms with Gasteiger partial charge in [-0.15, -0.1) is 0 Å². The van der Waals surface area contributed by atoms with Gasteiger partial charge in [0.25, 0.3) is 0 Å². The second-order valence-corrected chi connectivity index (χ2v) is 3.41. The van der Waals surface area contributed by atoms with E-state index < -0.39 is 0 Å². The van der Waals surface area contributed by atoms with Crippen LogP contribution in [0.3, 0.4) is 0 Å². The molecule has 0 spiro atoms. The summed E-state index contributed by atoms with van der Waals surface area (Å²) in [4.78, 5) is 13.8. The van der Waals surface area contributed by atoms with E-state index >= 15 is 0 Å². The second kappa shape index (κ2) is 15.6. The Bertz CT molecular complexity index is 157. The number of hydrogen-bond donors (Lipinski definition) is 0. The van der Waals surface area contributed by atoms with Gasteiger partial charge in [0.15, 0.2) is 0 Å². The third kappa shape index (κ3) is 96.0. The molecule has 0 saturated carbocycles. The average molecular weight is 219 g/mol. The van der Waals surface area contributed by atoms with Gasteiger partial charge in [-0.25, -0.2) is 0 Å². The van der Waals surface area contributed by atoms with Gasteiger partial charge in [-0.2, -0.15) is 0 Å². The normalized spacial score (nSPS) is 7.80. The van der Waals surface area contributed by atoms with Crippen LogP contribution >= 0.6 is 0 Å². The van der Waals surface area contributed by atoms with E-state index in [1.807, 2.05) is 27.7 Å². The number of oxime groups is 1. The summed E-state index contributed by atoms with van der Waals surface area (Å²) in [5, 5.41) is 3.54. The summed E-state index contributed by atoms with van der Waals surface area (Å²) < 4.78 is 4.75. The molecule has 0 saturated heterocycles. The molecular formula is C11H25NO3. The fourth-order valence-corrected chi connectivity index (χ4v) is 0.183. The highest BCUT2D eigenvalue weighted by molar-refractivity contribution is 5.78. The minimum absolute atomic E-state index is 0.167. The Morgan fingerprint density at radius 2 is 1.33 bits per heavy atom. The quantitative estimate of drug-likeness (QED) is 0.530. The van der Waals surface area contributed by atoms with Gasteiger partial charge >= 0.3 is 0 Å². The molecule has 0 aliphatic carbocycles. The number of rotatable bonds is 2. The van der Waals surface area contributed by atoms with E-state index in [0.29, 0.717) is 6.10 Å². The van der Waals surface area contributed by atoms with Crippen molar-refractivity contribution in [3.8, 4) is 0 Å². The maximum Gasteiger partial charge on any atom is 0.126 e. The highest BCUT2D eigenvalue weighted by Gasteiger charge is 1.78. The van der Waals surface area contributed by atoms with Crippen molar-refractivity contribution in [2.24, 2.45) is 5.16 Å². The lowest BCUT2D eigenvalue weighted by Gasteiger charge is -1.94. The van der Waals surface area contributed by atoms with E-state index in [4.69, 9.17) is 4.74 Å². The maximum atomic E-state index is 9.44. The number of nitrogens with zero attached hydrogens (tertiary/aromatic N) is 1. The molecule has 0 aromatic rings. The molecule has 15 heavy (non-hydrogen) atoms. The first-order valence-electron chi connectivity index (χ1n) is 4.82. The lowest BCUT2D eigenvalue weighted by atomic mass is 10.5. The van der Waals surface area contributed by atoms with Crippen LogP contribution in [0.4, 0.5) is 0 Å². The number of carbonyl (C=O) groups is 1. The molecule has 92 valence electrons. The van der Waals surface area contributed by atoms with Gasteiger partial charge in [0, 0.05) is 7.11 Å². The van der Waals surface area contributed by atoms with Crippen LogP contribution in [0.15, 0.2) is 5.16 Å². The SMILES string of the molecule is CC(C)=O.COC(C)C.CON=C(C)C. The van der Waals surface area contributed by atoms with Crippen LogP contribution in [0.2, 0.25) is 0 Å². The molecule has 0 aliphatic heterocycles. The molecule has 0 aromatic heterocycles. The number of carbonyl (C=O) groups excluding carboxylic acids is 1. The molecule has 0 unspecified atom stereocenters. The summed E-state index contributed by atoms with van der Waals surface area (Å²) in [7, 11) is 3.23. The van der Waals surface area contributed by atoms with Crippen molar-refractivity contribution in [3.63, 3.8) is 0 Å². The van der Waals surface area contributed by atoms with Crippen LogP contribution in [0.1, 0.15) is 41.5 Å². The highest BCUT2D eigenvalue weighted by atomic mass is 16.6. The van der Waals surface area contributed by atoms with Crippen molar-refractivity contribution in [1.82, 2.24) is 0 Å². The first-order valence-corrected chi connectivity index (χ1v) is 4.82. The molecule has 4 heteroatoms. The molecule has 4 nitrogen and oxygen atoms in total. The fourth-order valence-electron chi connectivity index (χ4n) is 0.183. The van der Waals surface area contributed by atoms with Gasteiger partial charge in [0.1, 0.15) is 12.9 Å². The summed E-state index contributed by atoms with van der Waals surface area (Å²) in [6.07, 6.45) is 0.384. The van der Waals surface area contributed by atoms with Crippen molar-refractivity contribution in [2.45, 2.75) is 47.6 Å². The Hall–Kier alpha value is -0.900. The lowest BCUT2D eigenvalue weighted by molar-refractivity contribution is -0.114. The standard InChI is InChI=1S/C4H9NO.C4H10O.C3H6O/c1-4(2)5-6-3;1-4(2)5-3;1-3(2)4/h1-3H3;4H,1-3H3;1-2H3. The topological polar surface area (TPSA) is 47.9 Å². The third-order valence-corrected chi connectivity index (χ3v) is 0.745. The maximum absolute atomic E-state index is 9.44. The molecule has 0 amide bonds. The molecule has 0 heterocycles. The Kier molecular flexibility index (Phi) is 20.4. The summed E-state index contributed by atoms with van der Waals surface area (Å²) in [5.41, 5.74) is 0.942. The van der Waals surface area contributed by atoms with Gasteiger partial charge < -0.3 is 14.4 Å². The number of ketones is 1. The predicted octanol–water partition coefficient (Wildman–Crippen LogP) is 2.67. The van der Waals surface area contributed by atoms with Crippen LogP contribution < -0.4 is 0 Å². The molecular weight excluding hydrogens is 194 g/mol.